The van der Waals surface area contributed by atoms with Crippen LogP contribution in [0.2, 0.25) is 0 Å². The first-order valence-electron chi connectivity index (χ1n) is 13.3. The van der Waals surface area contributed by atoms with E-state index in [1.165, 1.54) is 6.07 Å². The molecule has 0 spiro atoms. The summed E-state index contributed by atoms with van der Waals surface area (Å²) in [5.74, 6) is -0.955. The van der Waals surface area contributed by atoms with Crippen molar-refractivity contribution in [2.75, 3.05) is 31.6 Å². The number of nitrogens with zero attached hydrogens (tertiary/aromatic N) is 4. The van der Waals surface area contributed by atoms with Crippen LogP contribution in [0.15, 0.2) is 43.0 Å². The summed E-state index contributed by atoms with van der Waals surface area (Å²) >= 11 is 0. The van der Waals surface area contributed by atoms with Gasteiger partial charge >= 0.3 is 0 Å². The molecule has 3 fully saturated rings. The Hall–Kier alpha value is -3.37. The Morgan fingerprint density at radius 1 is 1.11 bits per heavy atom. The van der Waals surface area contributed by atoms with Gasteiger partial charge in [0.25, 0.3) is 5.91 Å². The highest BCUT2D eigenvalue weighted by Gasteiger charge is 2.34. The van der Waals surface area contributed by atoms with Gasteiger partial charge < -0.3 is 15.4 Å². The van der Waals surface area contributed by atoms with Crippen molar-refractivity contribution >= 4 is 11.6 Å². The molecule has 1 amide bonds. The fourth-order valence-electron chi connectivity index (χ4n) is 5.30. The lowest BCUT2D eigenvalue weighted by molar-refractivity contribution is 0.0789. The first-order chi connectivity index (χ1) is 18.4. The largest absolute Gasteiger partial charge is 0.380 e. The number of piperidine rings is 1. The molecule has 38 heavy (non-hydrogen) atoms. The molecule has 1 aromatic carbocycles. The molecular weight excluding hydrogens is 490 g/mol. The highest BCUT2D eigenvalue weighted by Crippen LogP contribution is 2.28. The van der Waals surface area contributed by atoms with E-state index in [9.17, 15) is 9.18 Å². The van der Waals surface area contributed by atoms with Gasteiger partial charge in [0.2, 0.25) is 0 Å². The average Bonchev–Trinajstić information content (AvgIpc) is 3.34. The summed E-state index contributed by atoms with van der Waals surface area (Å²) in [6.07, 6.45) is 9.51. The van der Waals surface area contributed by atoms with Crippen LogP contribution in [0.5, 0.6) is 0 Å². The predicted octanol–water partition coefficient (Wildman–Crippen LogP) is 3.89. The van der Waals surface area contributed by atoms with Gasteiger partial charge in [-0.25, -0.2) is 13.5 Å². The summed E-state index contributed by atoms with van der Waals surface area (Å²) in [7, 11) is 0. The SMILES string of the molecule is Cc1cc(F)c(C(=O)NC2CC2)cc1-n1cc(-c2cncc(N[C@H]3CCN(C4CCOC4)C[C@H]3F)c2)cn1. The maximum Gasteiger partial charge on any atom is 0.254 e. The van der Waals surface area contributed by atoms with Crippen molar-refractivity contribution in [3.63, 3.8) is 0 Å². The smallest absolute Gasteiger partial charge is 0.254 e. The maximum absolute atomic E-state index is 15.0. The Labute approximate surface area is 220 Å². The molecule has 1 saturated carbocycles. The first-order valence-corrected chi connectivity index (χ1v) is 13.3. The molecule has 2 saturated heterocycles. The van der Waals surface area contributed by atoms with E-state index in [1.807, 2.05) is 12.3 Å². The van der Waals surface area contributed by atoms with Crippen molar-refractivity contribution in [2.45, 2.75) is 56.9 Å². The number of anilines is 1. The second-order valence-electron chi connectivity index (χ2n) is 10.6. The molecule has 3 aliphatic rings. The molecule has 2 N–H and O–H groups in total. The van der Waals surface area contributed by atoms with Crippen molar-refractivity contribution < 1.29 is 18.3 Å². The minimum atomic E-state index is -0.983. The molecule has 8 nitrogen and oxygen atoms in total. The van der Waals surface area contributed by atoms with Gasteiger partial charge in [-0.1, -0.05) is 0 Å². The number of alkyl halides is 1. The number of likely N-dealkylation sites (tertiary alicyclic amines) is 1. The van der Waals surface area contributed by atoms with Crippen LogP contribution in [0.3, 0.4) is 0 Å². The molecule has 10 heteroatoms. The van der Waals surface area contributed by atoms with Crippen LogP contribution in [0.1, 0.15) is 41.6 Å². The average molecular weight is 523 g/mol. The standard InChI is InChI=1S/C28H32F2N6O2/c1-17-8-24(29)23(28(37)34-20-2-3-20)10-27(17)36-14-19(12-32-36)18-9-21(13-31-11-18)33-26-4-6-35(15-25(26)30)22-5-7-38-16-22/h8-14,20,22,25-26,33H,2-7,15-16H2,1H3,(H,34,37)/t22?,25-,26+/m1/s1. The molecule has 3 aromatic rings. The summed E-state index contributed by atoms with van der Waals surface area (Å²) in [6, 6.07) is 5.02. The Bertz CT molecular complexity index is 1320. The minimum Gasteiger partial charge on any atom is -0.380 e. The monoisotopic (exact) mass is 522 g/mol. The van der Waals surface area contributed by atoms with Gasteiger partial charge in [0, 0.05) is 61.5 Å². The van der Waals surface area contributed by atoms with Crippen molar-refractivity contribution in [3.8, 4) is 16.8 Å². The van der Waals surface area contributed by atoms with E-state index in [4.69, 9.17) is 4.74 Å². The summed E-state index contributed by atoms with van der Waals surface area (Å²) in [6.45, 7) is 4.48. The number of carbonyl (C=O) groups excluding carboxylic acids is 1. The molecular formula is C28H32F2N6O2. The second-order valence-corrected chi connectivity index (χ2v) is 10.6. The number of aryl methyl sites for hydroxylation is 1. The quantitative estimate of drug-likeness (QED) is 0.490. The van der Waals surface area contributed by atoms with Crippen molar-refractivity contribution in [2.24, 2.45) is 0 Å². The Balaban J connectivity index is 1.16. The Morgan fingerprint density at radius 2 is 1.97 bits per heavy atom. The number of amides is 1. The van der Waals surface area contributed by atoms with Crippen LogP contribution >= 0.6 is 0 Å². The zero-order chi connectivity index (χ0) is 26.2. The fraction of sp³-hybridized carbons (Fsp3) is 0.464. The highest BCUT2D eigenvalue weighted by molar-refractivity contribution is 5.95. The molecule has 0 radical (unpaired) electrons. The van der Waals surface area contributed by atoms with E-state index in [-0.39, 0.29) is 17.6 Å². The number of halogens is 2. The normalized spacial score (nSPS) is 23.9. The van der Waals surface area contributed by atoms with Crippen LogP contribution in [-0.4, -0.2) is 76.2 Å². The van der Waals surface area contributed by atoms with Gasteiger partial charge in [-0.15, -0.1) is 0 Å². The number of pyridine rings is 1. The van der Waals surface area contributed by atoms with E-state index >= 15 is 4.39 Å². The fourth-order valence-corrected chi connectivity index (χ4v) is 5.30. The number of hydrogen-bond donors (Lipinski definition) is 2. The van der Waals surface area contributed by atoms with Gasteiger partial charge in [0.05, 0.1) is 35.8 Å². The van der Waals surface area contributed by atoms with E-state index in [0.717, 1.165) is 49.2 Å². The second kappa shape index (κ2) is 10.4. The lowest BCUT2D eigenvalue weighted by atomic mass is 10.0. The lowest BCUT2D eigenvalue weighted by Crippen LogP contribution is -2.51. The lowest BCUT2D eigenvalue weighted by Gasteiger charge is -2.38. The summed E-state index contributed by atoms with van der Waals surface area (Å²) in [5, 5.41) is 10.6. The van der Waals surface area contributed by atoms with Crippen LogP contribution in [-0.2, 0) is 4.74 Å². The van der Waals surface area contributed by atoms with E-state index in [1.54, 1.807) is 36.3 Å². The predicted molar refractivity (Wildman–Crippen MR) is 140 cm³/mol. The number of ether oxygens (including phenoxy) is 1. The van der Waals surface area contributed by atoms with E-state index in [0.29, 0.717) is 36.9 Å². The Kier molecular flexibility index (Phi) is 6.84. The molecule has 6 rings (SSSR count). The number of carbonyl (C=O) groups is 1. The third kappa shape index (κ3) is 5.28. The molecule has 4 heterocycles. The number of hydrogen-bond acceptors (Lipinski definition) is 6. The van der Waals surface area contributed by atoms with Crippen molar-refractivity contribution in [3.05, 3.63) is 59.9 Å². The van der Waals surface area contributed by atoms with Crippen molar-refractivity contribution in [1.82, 2.24) is 25.0 Å². The van der Waals surface area contributed by atoms with Gasteiger partial charge in [0.15, 0.2) is 0 Å². The Morgan fingerprint density at radius 3 is 2.74 bits per heavy atom. The van der Waals surface area contributed by atoms with Crippen LogP contribution < -0.4 is 10.6 Å². The number of rotatable bonds is 7. The van der Waals surface area contributed by atoms with Crippen LogP contribution in [0.25, 0.3) is 16.8 Å². The number of nitrogens with one attached hydrogen (secondary N) is 2. The summed E-state index contributed by atoms with van der Waals surface area (Å²) in [4.78, 5) is 19.1. The van der Waals surface area contributed by atoms with E-state index in [2.05, 4.69) is 25.6 Å². The third-order valence-corrected chi connectivity index (χ3v) is 7.69. The van der Waals surface area contributed by atoms with Crippen LogP contribution in [0.4, 0.5) is 14.5 Å². The minimum absolute atomic E-state index is 0.00898. The topological polar surface area (TPSA) is 84.3 Å². The first kappa shape index (κ1) is 24.9. The number of benzene rings is 1. The summed E-state index contributed by atoms with van der Waals surface area (Å²) in [5.41, 5.74) is 3.68. The van der Waals surface area contributed by atoms with Crippen molar-refractivity contribution in [1.29, 1.82) is 0 Å². The third-order valence-electron chi connectivity index (χ3n) is 7.69. The molecule has 200 valence electrons. The molecule has 0 bridgehead atoms. The van der Waals surface area contributed by atoms with Crippen LogP contribution in [0, 0.1) is 12.7 Å². The molecule has 1 unspecified atom stereocenters. The molecule has 2 aromatic heterocycles. The van der Waals surface area contributed by atoms with Gasteiger partial charge in [-0.05, 0) is 56.4 Å². The molecule has 1 aliphatic carbocycles. The van der Waals surface area contributed by atoms with Gasteiger partial charge in [0.1, 0.15) is 12.0 Å². The highest BCUT2D eigenvalue weighted by atomic mass is 19.1. The van der Waals surface area contributed by atoms with Gasteiger partial charge in [-0.3, -0.25) is 14.7 Å². The zero-order valence-electron chi connectivity index (χ0n) is 21.4. The zero-order valence-corrected chi connectivity index (χ0v) is 21.4. The van der Waals surface area contributed by atoms with Gasteiger partial charge in [-0.2, -0.15) is 5.10 Å². The number of aromatic nitrogens is 3. The van der Waals surface area contributed by atoms with E-state index < -0.39 is 17.9 Å². The molecule has 2 aliphatic heterocycles. The maximum atomic E-state index is 15.0. The molecule has 3 atom stereocenters. The summed E-state index contributed by atoms with van der Waals surface area (Å²) < 4.78 is 36.7.